The molecular weight excluding hydrogens is 205 g/mol. The Morgan fingerprint density at radius 2 is 2.07 bits per heavy atom. The van der Waals surface area contributed by atoms with E-state index in [2.05, 4.69) is 5.32 Å². The second-order valence-electron chi connectivity index (χ2n) is 3.37. The Kier molecular flexibility index (Phi) is 3.71. The van der Waals surface area contributed by atoms with Gasteiger partial charge in [-0.25, -0.2) is 0 Å². The van der Waals surface area contributed by atoms with Gasteiger partial charge in [0.05, 0.1) is 11.7 Å². The molecule has 0 spiro atoms. The standard InChI is InChI=1S/C10H13F3N2/c1-7(14)15-6-8-3-2-4-9(5-8)10(11,12)13/h2-5,7,15H,6,14H2,1H3. The highest BCUT2D eigenvalue weighted by Crippen LogP contribution is 2.29. The van der Waals surface area contributed by atoms with Crippen LogP contribution in [-0.2, 0) is 12.7 Å². The molecule has 0 aliphatic rings. The van der Waals surface area contributed by atoms with Gasteiger partial charge in [0, 0.05) is 6.54 Å². The first-order valence-electron chi connectivity index (χ1n) is 4.54. The predicted octanol–water partition coefficient (Wildman–Crippen LogP) is 2.10. The number of nitrogens with one attached hydrogen (secondary N) is 1. The summed E-state index contributed by atoms with van der Waals surface area (Å²) in [7, 11) is 0. The van der Waals surface area contributed by atoms with Gasteiger partial charge >= 0.3 is 6.18 Å². The molecular formula is C10H13F3N2. The van der Waals surface area contributed by atoms with E-state index in [0.29, 0.717) is 12.1 Å². The SMILES string of the molecule is CC(N)NCc1cccc(C(F)(F)F)c1. The monoisotopic (exact) mass is 218 g/mol. The predicted molar refractivity (Wildman–Crippen MR) is 51.9 cm³/mol. The number of hydrogen-bond acceptors (Lipinski definition) is 2. The first kappa shape index (κ1) is 12.0. The third kappa shape index (κ3) is 3.89. The number of alkyl halides is 3. The van der Waals surface area contributed by atoms with Crippen LogP contribution >= 0.6 is 0 Å². The maximum atomic E-state index is 12.3. The van der Waals surface area contributed by atoms with Gasteiger partial charge in [-0.3, -0.25) is 5.32 Å². The molecule has 1 aromatic rings. The van der Waals surface area contributed by atoms with E-state index in [-0.39, 0.29) is 6.17 Å². The van der Waals surface area contributed by atoms with E-state index in [1.165, 1.54) is 6.07 Å². The highest BCUT2D eigenvalue weighted by molar-refractivity contribution is 5.25. The van der Waals surface area contributed by atoms with Crippen LogP contribution in [0.15, 0.2) is 24.3 Å². The molecule has 0 heterocycles. The van der Waals surface area contributed by atoms with E-state index in [4.69, 9.17) is 5.73 Å². The van der Waals surface area contributed by atoms with Gasteiger partial charge in [-0.15, -0.1) is 0 Å². The molecule has 0 bridgehead atoms. The average Bonchev–Trinajstić information content (AvgIpc) is 2.14. The van der Waals surface area contributed by atoms with Crippen molar-refractivity contribution >= 4 is 0 Å². The summed E-state index contributed by atoms with van der Waals surface area (Å²) in [4.78, 5) is 0. The van der Waals surface area contributed by atoms with E-state index in [1.54, 1.807) is 13.0 Å². The lowest BCUT2D eigenvalue weighted by molar-refractivity contribution is -0.137. The van der Waals surface area contributed by atoms with Crippen molar-refractivity contribution in [2.45, 2.75) is 25.8 Å². The molecule has 1 unspecified atom stereocenters. The molecule has 1 rings (SSSR count). The lowest BCUT2D eigenvalue weighted by Crippen LogP contribution is -2.33. The molecule has 5 heteroatoms. The van der Waals surface area contributed by atoms with Crippen LogP contribution in [-0.4, -0.2) is 6.17 Å². The topological polar surface area (TPSA) is 38.0 Å². The fourth-order valence-electron chi connectivity index (χ4n) is 1.14. The van der Waals surface area contributed by atoms with Crippen molar-refractivity contribution in [2.75, 3.05) is 0 Å². The average molecular weight is 218 g/mol. The van der Waals surface area contributed by atoms with E-state index in [1.807, 2.05) is 0 Å². The van der Waals surface area contributed by atoms with Crippen LogP contribution in [0.3, 0.4) is 0 Å². The normalized spacial score (nSPS) is 13.9. The van der Waals surface area contributed by atoms with E-state index in [9.17, 15) is 13.2 Å². The highest BCUT2D eigenvalue weighted by atomic mass is 19.4. The summed E-state index contributed by atoms with van der Waals surface area (Å²) < 4.78 is 37.0. The lowest BCUT2D eigenvalue weighted by atomic mass is 10.1. The van der Waals surface area contributed by atoms with Crippen LogP contribution in [0.5, 0.6) is 0 Å². The summed E-state index contributed by atoms with van der Waals surface area (Å²) in [5.74, 6) is 0. The molecule has 1 aromatic carbocycles. The van der Waals surface area contributed by atoms with Crippen molar-refractivity contribution in [1.82, 2.24) is 5.32 Å². The minimum Gasteiger partial charge on any atom is -0.316 e. The third-order valence-corrected chi connectivity index (χ3v) is 1.88. The van der Waals surface area contributed by atoms with Crippen LogP contribution < -0.4 is 11.1 Å². The lowest BCUT2D eigenvalue weighted by Gasteiger charge is -2.11. The van der Waals surface area contributed by atoms with Crippen molar-refractivity contribution in [3.8, 4) is 0 Å². The largest absolute Gasteiger partial charge is 0.416 e. The first-order valence-corrected chi connectivity index (χ1v) is 4.54. The van der Waals surface area contributed by atoms with E-state index < -0.39 is 11.7 Å². The number of benzene rings is 1. The Morgan fingerprint density at radius 3 is 2.60 bits per heavy atom. The molecule has 0 saturated carbocycles. The van der Waals surface area contributed by atoms with Gasteiger partial charge in [0.15, 0.2) is 0 Å². The van der Waals surface area contributed by atoms with Gasteiger partial charge in [-0.05, 0) is 18.6 Å². The molecule has 15 heavy (non-hydrogen) atoms. The Bertz CT molecular complexity index is 321. The quantitative estimate of drug-likeness (QED) is 0.762. The molecule has 1 atom stereocenters. The van der Waals surface area contributed by atoms with Crippen molar-refractivity contribution in [2.24, 2.45) is 5.73 Å². The molecule has 0 aromatic heterocycles. The smallest absolute Gasteiger partial charge is 0.316 e. The van der Waals surface area contributed by atoms with Gasteiger partial charge in [0.1, 0.15) is 0 Å². The zero-order valence-electron chi connectivity index (χ0n) is 8.31. The van der Waals surface area contributed by atoms with Crippen LogP contribution in [0.2, 0.25) is 0 Å². The molecule has 0 aliphatic heterocycles. The highest BCUT2D eigenvalue weighted by Gasteiger charge is 2.30. The van der Waals surface area contributed by atoms with Crippen LogP contribution in [0.1, 0.15) is 18.1 Å². The molecule has 0 aliphatic carbocycles. The molecule has 0 saturated heterocycles. The first-order chi connectivity index (χ1) is 6.89. The Balaban J connectivity index is 2.75. The maximum Gasteiger partial charge on any atom is 0.416 e. The Morgan fingerprint density at radius 1 is 1.40 bits per heavy atom. The number of rotatable bonds is 3. The van der Waals surface area contributed by atoms with Gasteiger partial charge < -0.3 is 5.73 Å². The zero-order valence-corrected chi connectivity index (χ0v) is 8.31. The van der Waals surface area contributed by atoms with Gasteiger partial charge in [0.25, 0.3) is 0 Å². The Hall–Kier alpha value is -1.07. The summed E-state index contributed by atoms with van der Waals surface area (Å²) in [5.41, 5.74) is 5.37. The summed E-state index contributed by atoms with van der Waals surface area (Å²) >= 11 is 0. The number of hydrogen-bond donors (Lipinski definition) is 2. The van der Waals surface area contributed by atoms with Gasteiger partial charge in [-0.1, -0.05) is 18.2 Å². The maximum absolute atomic E-state index is 12.3. The molecule has 0 radical (unpaired) electrons. The van der Waals surface area contributed by atoms with E-state index in [0.717, 1.165) is 12.1 Å². The molecule has 0 fully saturated rings. The minimum absolute atomic E-state index is 0.237. The molecule has 3 N–H and O–H groups in total. The summed E-state index contributed by atoms with van der Waals surface area (Å²) in [5, 5.41) is 2.85. The summed E-state index contributed by atoms with van der Waals surface area (Å²) in [6.07, 6.45) is -4.52. The number of halogens is 3. The van der Waals surface area contributed by atoms with Crippen molar-refractivity contribution < 1.29 is 13.2 Å². The second kappa shape index (κ2) is 4.63. The van der Waals surface area contributed by atoms with Crippen molar-refractivity contribution in [3.05, 3.63) is 35.4 Å². The zero-order chi connectivity index (χ0) is 11.5. The number of nitrogens with two attached hydrogens (primary N) is 1. The van der Waals surface area contributed by atoms with Gasteiger partial charge in [0.2, 0.25) is 0 Å². The Labute approximate surface area is 86.3 Å². The summed E-state index contributed by atoms with van der Waals surface area (Å²) in [6, 6.07) is 5.19. The van der Waals surface area contributed by atoms with Gasteiger partial charge in [-0.2, -0.15) is 13.2 Å². The second-order valence-corrected chi connectivity index (χ2v) is 3.37. The fourth-order valence-corrected chi connectivity index (χ4v) is 1.14. The molecule has 2 nitrogen and oxygen atoms in total. The van der Waals surface area contributed by atoms with Crippen LogP contribution in [0, 0.1) is 0 Å². The van der Waals surface area contributed by atoms with Crippen molar-refractivity contribution in [1.29, 1.82) is 0 Å². The van der Waals surface area contributed by atoms with Crippen molar-refractivity contribution in [3.63, 3.8) is 0 Å². The minimum atomic E-state index is -4.29. The third-order valence-electron chi connectivity index (χ3n) is 1.88. The van der Waals surface area contributed by atoms with Crippen LogP contribution in [0.25, 0.3) is 0 Å². The molecule has 84 valence electrons. The van der Waals surface area contributed by atoms with Crippen LogP contribution in [0.4, 0.5) is 13.2 Å². The fraction of sp³-hybridized carbons (Fsp3) is 0.400. The summed E-state index contributed by atoms with van der Waals surface area (Å²) in [6.45, 7) is 2.06. The van der Waals surface area contributed by atoms with E-state index >= 15 is 0 Å². The molecule has 0 amide bonds.